The van der Waals surface area contributed by atoms with Crippen molar-refractivity contribution in [1.29, 1.82) is 0 Å². The van der Waals surface area contributed by atoms with Gasteiger partial charge in [0.15, 0.2) is 10.8 Å². The van der Waals surface area contributed by atoms with E-state index in [1.54, 1.807) is 24.4 Å². The number of rotatable bonds is 9. The Balaban J connectivity index is 1.76. The standard InChI is InChI=1S/C24H21ClF3N3O3S2/c1-3-4-5-10-33-19-7-6-15(12-16(19)24(26,27)28)31(22(32)17-11-14(2)34-30-17)23-29-18(13-35-23)20-8-9-21(25)36-20/h6-9,11-13H,3-5,10H2,1-2H3. The molecule has 190 valence electrons. The summed E-state index contributed by atoms with van der Waals surface area (Å²) >= 11 is 8.44. The fourth-order valence-electron chi connectivity index (χ4n) is 3.37. The number of alkyl halides is 3. The Morgan fingerprint density at radius 1 is 1.19 bits per heavy atom. The second-order valence-corrected chi connectivity index (χ2v) is 10.4. The molecule has 0 fully saturated rings. The number of ether oxygens (including phenoxy) is 1. The molecule has 0 saturated carbocycles. The van der Waals surface area contributed by atoms with Crippen LogP contribution in [0.3, 0.4) is 0 Å². The van der Waals surface area contributed by atoms with E-state index >= 15 is 0 Å². The number of amides is 1. The van der Waals surface area contributed by atoms with Crippen molar-refractivity contribution >= 4 is 51.0 Å². The number of unbranched alkanes of at least 4 members (excludes halogenated alkanes) is 2. The summed E-state index contributed by atoms with van der Waals surface area (Å²) in [6, 6.07) is 8.44. The van der Waals surface area contributed by atoms with Crippen LogP contribution in [-0.4, -0.2) is 22.7 Å². The van der Waals surface area contributed by atoms with Crippen molar-refractivity contribution in [1.82, 2.24) is 10.1 Å². The minimum absolute atomic E-state index is 0.0287. The van der Waals surface area contributed by atoms with Crippen LogP contribution in [0.2, 0.25) is 4.34 Å². The van der Waals surface area contributed by atoms with E-state index in [2.05, 4.69) is 10.1 Å². The number of hydrogen-bond donors (Lipinski definition) is 0. The number of aryl methyl sites for hydroxylation is 1. The van der Waals surface area contributed by atoms with Gasteiger partial charge in [-0.05, 0) is 43.7 Å². The quantitative estimate of drug-likeness (QED) is 0.194. The van der Waals surface area contributed by atoms with Crippen LogP contribution in [-0.2, 0) is 6.18 Å². The first-order valence-corrected chi connectivity index (χ1v) is 13.1. The Bertz CT molecular complexity index is 1350. The van der Waals surface area contributed by atoms with Gasteiger partial charge in [0.25, 0.3) is 5.91 Å². The van der Waals surface area contributed by atoms with Crippen LogP contribution in [0, 0.1) is 6.92 Å². The summed E-state index contributed by atoms with van der Waals surface area (Å²) in [4.78, 5) is 19.8. The summed E-state index contributed by atoms with van der Waals surface area (Å²) in [5, 5.41) is 5.63. The average molecular weight is 556 g/mol. The van der Waals surface area contributed by atoms with Gasteiger partial charge in [0.05, 0.1) is 32.8 Å². The molecular formula is C24H21ClF3N3O3S2. The van der Waals surface area contributed by atoms with Crippen LogP contribution >= 0.6 is 34.3 Å². The first-order chi connectivity index (χ1) is 17.2. The summed E-state index contributed by atoms with van der Waals surface area (Å²) in [5.74, 6) is -0.583. The summed E-state index contributed by atoms with van der Waals surface area (Å²) in [7, 11) is 0. The van der Waals surface area contributed by atoms with Gasteiger partial charge in [-0.25, -0.2) is 4.98 Å². The second-order valence-electron chi connectivity index (χ2n) is 7.82. The molecule has 1 aromatic carbocycles. The van der Waals surface area contributed by atoms with Crippen molar-refractivity contribution in [3.05, 3.63) is 63.1 Å². The molecule has 6 nitrogen and oxygen atoms in total. The van der Waals surface area contributed by atoms with E-state index in [1.165, 1.54) is 29.5 Å². The van der Waals surface area contributed by atoms with E-state index in [1.807, 2.05) is 6.92 Å². The van der Waals surface area contributed by atoms with E-state index in [0.717, 1.165) is 40.0 Å². The number of aromatic nitrogens is 2. The van der Waals surface area contributed by atoms with Crippen LogP contribution in [0.15, 0.2) is 46.3 Å². The highest BCUT2D eigenvalue weighted by molar-refractivity contribution is 7.20. The predicted molar refractivity (Wildman–Crippen MR) is 135 cm³/mol. The van der Waals surface area contributed by atoms with Crippen LogP contribution in [0.1, 0.15) is 48.0 Å². The summed E-state index contributed by atoms with van der Waals surface area (Å²) in [6.45, 7) is 3.77. The van der Waals surface area contributed by atoms with Gasteiger partial charge in [-0.1, -0.05) is 36.5 Å². The van der Waals surface area contributed by atoms with E-state index in [0.29, 0.717) is 22.2 Å². The maximum Gasteiger partial charge on any atom is 0.420 e. The highest BCUT2D eigenvalue weighted by Crippen LogP contribution is 2.42. The first kappa shape index (κ1) is 26.2. The maximum atomic E-state index is 14.0. The maximum absolute atomic E-state index is 14.0. The molecule has 0 N–H and O–H groups in total. The normalized spacial score (nSPS) is 11.6. The molecule has 0 atom stereocenters. The van der Waals surface area contributed by atoms with Crippen LogP contribution in [0.25, 0.3) is 10.6 Å². The molecule has 36 heavy (non-hydrogen) atoms. The number of benzene rings is 1. The topological polar surface area (TPSA) is 68.5 Å². The number of carbonyl (C=O) groups excluding carboxylic acids is 1. The van der Waals surface area contributed by atoms with Crippen molar-refractivity contribution in [2.75, 3.05) is 11.5 Å². The number of thiophene rings is 1. The van der Waals surface area contributed by atoms with Gasteiger partial charge in [-0.3, -0.25) is 9.69 Å². The van der Waals surface area contributed by atoms with Crippen LogP contribution in [0.5, 0.6) is 5.75 Å². The fourth-order valence-corrected chi connectivity index (χ4v) is 5.29. The molecule has 12 heteroatoms. The van der Waals surface area contributed by atoms with E-state index in [9.17, 15) is 18.0 Å². The Morgan fingerprint density at radius 3 is 2.64 bits per heavy atom. The zero-order chi connectivity index (χ0) is 25.9. The van der Waals surface area contributed by atoms with Gasteiger partial charge >= 0.3 is 6.18 Å². The lowest BCUT2D eigenvalue weighted by Crippen LogP contribution is -2.26. The fraction of sp³-hybridized carbons (Fsp3) is 0.292. The van der Waals surface area contributed by atoms with E-state index < -0.39 is 17.6 Å². The average Bonchev–Trinajstić information content (AvgIpc) is 3.58. The molecule has 0 aliphatic carbocycles. The lowest BCUT2D eigenvalue weighted by atomic mass is 10.1. The third kappa shape index (κ3) is 5.91. The Kier molecular flexibility index (Phi) is 8.01. The van der Waals surface area contributed by atoms with Gasteiger partial charge in [0, 0.05) is 11.4 Å². The van der Waals surface area contributed by atoms with Gasteiger partial charge < -0.3 is 9.26 Å². The monoisotopic (exact) mass is 555 g/mol. The molecule has 0 saturated heterocycles. The highest BCUT2D eigenvalue weighted by atomic mass is 35.5. The lowest BCUT2D eigenvalue weighted by molar-refractivity contribution is -0.138. The third-order valence-electron chi connectivity index (χ3n) is 5.09. The Morgan fingerprint density at radius 2 is 2.00 bits per heavy atom. The van der Waals surface area contributed by atoms with E-state index in [-0.39, 0.29) is 28.9 Å². The number of carbonyl (C=O) groups is 1. The zero-order valence-corrected chi connectivity index (χ0v) is 21.7. The number of halogens is 4. The predicted octanol–water partition coefficient (Wildman–Crippen LogP) is 8.39. The second kappa shape index (κ2) is 11.0. The molecule has 4 rings (SSSR count). The molecule has 4 aromatic rings. The van der Waals surface area contributed by atoms with Gasteiger partial charge in [-0.15, -0.1) is 22.7 Å². The number of nitrogens with zero attached hydrogens (tertiary/aromatic N) is 3. The molecule has 3 aromatic heterocycles. The van der Waals surface area contributed by atoms with E-state index in [4.69, 9.17) is 20.9 Å². The summed E-state index contributed by atoms with van der Waals surface area (Å²) in [6.07, 6.45) is -2.29. The molecular weight excluding hydrogens is 535 g/mol. The third-order valence-corrected chi connectivity index (χ3v) is 7.17. The van der Waals surface area contributed by atoms with Crippen molar-refractivity contribution in [2.45, 2.75) is 39.3 Å². The van der Waals surface area contributed by atoms with Crippen molar-refractivity contribution in [2.24, 2.45) is 0 Å². The highest BCUT2D eigenvalue weighted by Gasteiger charge is 2.36. The number of thiazole rings is 1. The minimum atomic E-state index is -4.70. The van der Waals surface area contributed by atoms with Crippen LogP contribution in [0.4, 0.5) is 24.0 Å². The zero-order valence-electron chi connectivity index (χ0n) is 19.3. The number of hydrogen-bond acceptors (Lipinski definition) is 7. The van der Waals surface area contributed by atoms with Crippen molar-refractivity contribution < 1.29 is 27.2 Å². The van der Waals surface area contributed by atoms with Gasteiger partial charge in [-0.2, -0.15) is 13.2 Å². The van der Waals surface area contributed by atoms with Crippen LogP contribution < -0.4 is 9.64 Å². The largest absolute Gasteiger partial charge is 0.493 e. The Labute approximate surface area is 218 Å². The lowest BCUT2D eigenvalue weighted by Gasteiger charge is -2.22. The molecule has 3 heterocycles. The molecule has 1 amide bonds. The molecule has 0 spiro atoms. The molecule has 0 aliphatic rings. The van der Waals surface area contributed by atoms with Crippen molar-refractivity contribution in [3.8, 4) is 16.3 Å². The minimum Gasteiger partial charge on any atom is -0.493 e. The smallest absolute Gasteiger partial charge is 0.420 e. The number of anilines is 2. The molecule has 0 bridgehead atoms. The molecule has 0 unspecified atom stereocenters. The molecule has 0 radical (unpaired) electrons. The van der Waals surface area contributed by atoms with Crippen molar-refractivity contribution in [3.63, 3.8) is 0 Å². The van der Waals surface area contributed by atoms with Gasteiger partial charge in [0.1, 0.15) is 11.5 Å². The van der Waals surface area contributed by atoms with Gasteiger partial charge in [0.2, 0.25) is 0 Å². The molecule has 0 aliphatic heterocycles. The Hall–Kier alpha value is -2.89. The summed E-state index contributed by atoms with van der Waals surface area (Å²) < 4.78 is 53.0. The first-order valence-electron chi connectivity index (χ1n) is 11.0. The summed E-state index contributed by atoms with van der Waals surface area (Å²) in [5.41, 5.74) is -0.517. The SMILES string of the molecule is CCCCCOc1ccc(N(C(=O)c2cc(C)on2)c2nc(-c3ccc(Cl)s3)cs2)cc1C(F)(F)F.